The monoisotopic (exact) mass is 416 g/mol. The first kappa shape index (κ1) is 22.5. The lowest BCUT2D eigenvalue weighted by Crippen LogP contribution is -2.08. The maximum absolute atomic E-state index is 12.9. The highest BCUT2D eigenvalue weighted by atomic mass is 19.1. The molecule has 0 aliphatic carbocycles. The molecule has 0 aromatic heterocycles. The second kappa shape index (κ2) is 11.3. The molecule has 0 heterocycles. The summed E-state index contributed by atoms with van der Waals surface area (Å²) in [6.07, 6.45) is 3.69. The summed E-state index contributed by atoms with van der Waals surface area (Å²) < 4.78 is 12.9. The Balaban J connectivity index is 1.60. The summed E-state index contributed by atoms with van der Waals surface area (Å²) in [6.45, 7) is 6.84. The molecule has 0 fully saturated rings. The molecule has 3 aromatic carbocycles. The van der Waals surface area contributed by atoms with Gasteiger partial charge in [0.2, 0.25) is 0 Å². The summed E-state index contributed by atoms with van der Waals surface area (Å²) in [7, 11) is 0. The topological polar surface area (TPSA) is 49.4 Å². The minimum atomic E-state index is -0.292. The molecule has 2 atom stereocenters. The first-order valence-electron chi connectivity index (χ1n) is 10.9. The first-order chi connectivity index (χ1) is 15.1. The fourth-order valence-electron chi connectivity index (χ4n) is 3.62. The SMILES string of the molecule is CCCC(CC)C(C)c1ccc(N=Nc2ccc(N=Nc3ccc(F)cc3)cc2)cc1. The molecule has 0 spiro atoms. The van der Waals surface area contributed by atoms with Gasteiger partial charge >= 0.3 is 0 Å². The van der Waals surface area contributed by atoms with Crippen LogP contribution in [0.25, 0.3) is 0 Å². The van der Waals surface area contributed by atoms with Crippen LogP contribution in [0.4, 0.5) is 27.1 Å². The van der Waals surface area contributed by atoms with Crippen LogP contribution in [0.3, 0.4) is 0 Å². The Hall–Kier alpha value is -3.21. The van der Waals surface area contributed by atoms with Gasteiger partial charge in [0.05, 0.1) is 22.7 Å². The summed E-state index contributed by atoms with van der Waals surface area (Å²) >= 11 is 0. The van der Waals surface area contributed by atoms with E-state index in [0.29, 0.717) is 17.3 Å². The molecule has 2 unspecified atom stereocenters. The second-order valence-corrected chi connectivity index (χ2v) is 7.73. The van der Waals surface area contributed by atoms with Crippen LogP contribution in [0.2, 0.25) is 0 Å². The van der Waals surface area contributed by atoms with Gasteiger partial charge in [-0.3, -0.25) is 0 Å². The Morgan fingerprint density at radius 3 is 1.42 bits per heavy atom. The van der Waals surface area contributed by atoms with Gasteiger partial charge in [0.1, 0.15) is 5.82 Å². The summed E-state index contributed by atoms with van der Waals surface area (Å²) in [4.78, 5) is 0. The minimum absolute atomic E-state index is 0.292. The number of azo groups is 2. The molecule has 0 N–H and O–H groups in total. The third-order valence-electron chi connectivity index (χ3n) is 5.55. The van der Waals surface area contributed by atoms with Gasteiger partial charge in [-0.15, -0.1) is 0 Å². The molecule has 0 amide bonds. The molecule has 4 nitrogen and oxygen atoms in total. The lowest BCUT2D eigenvalue weighted by Gasteiger charge is -2.22. The van der Waals surface area contributed by atoms with E-state index in [1.54, 1.807) is 12.1 Å². The van der Waals surface area contributed by atoms with Crippen LogP contribution in [-0.4, -0.2) is 0 Å². The van der Waals surface area contributed by atoms with Crippen molar-refractivity contribution in [3.05, 3.63) is 84.2 Å². The molecule has 0 aliphatic heterocycles. The van der Waals surface area contributed by atoms with Gasteiger partial charge in [-0.2, -0.15) is 20.5 Å². The van der Waals surface area contributed by atoms with Crippen LogP contribution in [0, 0.1) is 11.7 Å². The highest BCUT2D eigenvalue weighted by Crippen LogP contribution is 2.31. The molecule has 0 saturated heterocycles. The molecular weight excluding hydrogens is 387 g/mol. The van der Waals surface area contributed by atoms with Crippen LogP contribution in [0.1, 0.15) is 51.5 Å². The molecule has 160 valence electrons. The average molecular weight is 417 g/mol. The van der Waals surface area contributed by atoms with Gasteiger partial charge < -0.3 is 0 Å². The molecule has 0 radical (unpaired) electrons. The van der Waals surface area contributed by atoms with E-state index in [9.17, 15) is 4.39 Å². The molecule has 0 aliphatic rings. The summed E-state index contributed by atoms with van der Waals surface area (Å²) in [5, 5.41) is 16.9. The number of rotatable bonds is 9. The lowest BCUT2D eigenvalue weighted by atomic mass is 9.83. The maximum Gasteiger partial charge on any atom is 0.123 e. The Bertz CT molecular complexity index is 993. The number of nitrogens with zero attached hydrogens (tertiary/aromatic N) is 4. The molecule has 3 aromatic rings. The van der Waals surface area contributed by atoms with E-state index in [0.717, 1.165) is 17.3 Å². The standard InChI is InChI=1S/C26H29FN4/c1-4-6-20(5-2)19(3)21-7-11-23(12-8-21)28-30-25-15-17-26(18-16-25)31-29-24-13-9-22(27)10-14-24/h7-20H,4-6H2,1-3H3. The normalized spacial score (nSPS) is 13.7. The second-order valence-electron chi connectivity index (χ2n) is 7.73. The highest BCUT2D eigenvalue weighted by molar-refractivity contribution is 5.48. The minimum Gasteiger partial charge on any atom is -0.207 e. The van der Waals surface area contributed by atoms with E-state index < -0.39 is 0 Å². The van der Waals surface area contributed by atoms with Crippen LogP contribution < -0.4 is 0 Å². The highest BCUT2D eigenvalue weighted by Gasteiger charge is 2.16. The molecule has 3 rings (SSSR count). The summed E-state index contributed by atoms with van der Waals surface area (Å²) in [5.74, 6) is 0.975. The first-order valence-corrected chi connectivity index (χ1v) is 10.9. The fourth-order valence-corrected chi connectivity index (χ4v) is 3.62. The van der Waals surface area contributed by atoms with E-state index in [1.807, 2.05) is 36.4 Å². The van der Waals surface area contributed by atoms with E-state index in [4.69, 9.17) is 0 Å². The van der Waals surface area contributed by atoms with Gasteiger partial charge in [0.15, 0.2) is 0 Å². The lowest BCUT2D eigenvalue weighted by molar-refractivity contribution is 0.398. The van der Waals surface area contributed by atoms with Crippen LogP contribution >= 0.6 is 0 Å². The van der Waals surface area contributed by atoms with Gasteiger partial charge in [0.25, 0.3) is 0 Å². The van der Waals surface area contributed by atoms with Gasteiger partial charge in [-0.25, -0.2) is 4.39 Å². The number of hydrogen-bond acceptors (Lipinski definition) is 4. The van der Waals surface area contributed by atoms with Gasteiger partial charge in [-0.1, -0.05) is 52.2 Å². The van der Waals surface area contributed by atoms with Crippen molar-refractivity contribution in [2.75, 3.05) is 0 Å². The fraction of sp³-hybridized carbons (Fsp3) is 0.308. The van der Waals surface area contributed by atoms with Crippen LogP contribution in [0.5, 0.6) is 0 Å². The van der Waals surface area contributed by atoms with Gasteiger partial charge in [-0.05, 0) is 78.1 Å². The Kier molecular flexibility index (Phi) is 8.16. The largest absolute Gasteiger partial charge is 0.207 e. The van der Waals surface area contributed by atoms with Crippen molar-refractivity contribution in [1.29, 1.82) is 0 Å². The number of halogens is 1. The van der Waals surface area contributed by atoms with E-state index >= 15 is 0 Å². The summed E-state index contributed by atoms with van der Waals surface area (Å²) in [6, 6.07) is 21.6. The van der Waals surface area contributed by atoms with Crippen LogP contribution in [-0.2, 0) is 0 Å². The predicted molar refractivity (Wildman–Crippen MR) is 125 cm³/mol. The Labute approximate surface area is 184 Å². The molecule has 5 heteroatoms. The molecule has 0 saturated carbocycles. The van der Waals surface area contributed by atoms with Crippen molar-refractivity contribution in [2.45, 2.75) is 46.0 Å². The third-order valence-corrected chi connectivity index (χ3v) is 5.55. The average Bonchev–Trinajstić information content (AvgIpc) is 2.81. The smallest absolute Gasteiger partial charge is 0.123 e. The van der Waals surface area contributed by atoms with Crippen molar-refractivity contribution in [1.82, 2.24) is 0 Å². The Morgan fingerprint density at radius 2 is 1.03 bits per heavy atom. The molecule has 0 bridgehead atoms. The van der Waals surface area contributed by atoms with Gasteiger partial charge in [0, 0.05) is 0 Å². The van der Waals surface area contributed by atoms with Crippen molar-refractivity contribution >= 4 is 22.7 Å². The zero-order valence-electron chi connectivity index (χ0n) is 18.4. The quantitative estimate of drug-likeness (QED) is 0.312. The predicted octanol–water partition coefficient (Wildman–Crippen LogP) is 9.59. The van der Waals surface area contributed by atoms with Crippen molar-refractivity contribution in [3.63, 3.8) is 0 Å². The number of hydrogen-bond donors (Lipinski definition) is 0. The zero-order valence-corrected chi connectivity index (χ0v) is 18.4. The van der Waals surface area contributed by atoms with Crippen LogP contribution in [0.15, 0.2) is 93.3 Å². The third kappa shape index (κ3) is 6.64. The number of benzene rings is 3. The molecule has 31 heavy (non-hydrogen) atoms. The van der Waals surface area contributed by atoms with Crippen molar-refractivity contribution in [3.8, 4) is 0 Å². The van der Waals surface area contributed by atoms with E-state index in [-0.39, 0.29) is 5.82 Å². The van der Waals surface area contributed by atoms with Crippen molar-refractivity contribution in [2.24, 2.45) is 26.4 Å². The molecular formula is C26H29FN4. The Morgan fingerprint density at radius 1 is 0.645 bits per heavy atom. The van der Waals surface area contributed by atoms with E-state index in [2.05, 4.69) is 53.4 Å². The summed E-state index contributed by atoms with van der Waals surface area (Å²) in [5.41, 5.74) is 4.23. The van der Waals surface area contributed by atoms with E-state index in [1.165, 1.54) is 37.0 Å². The maximum atomic E-state index is 12.9. The van der Waals surface area contributed by atoms with Crippen molar-refractivity contribution < 1.29 is 4.39 Å². The zero-order chi connectivity index (χ0) is 22.1.